The summed E-state index contributed by atoms with van der Waals surface area (Å²) in [6, 6.07) is 7.42. The number of carbonyl (C=O) groups excluding carboxylic acids is 1. The van der Waals surface area contributed by atoms with E-state index in [1.165, 1.54) is 0 Å². The lowest BCUT2D eigenvalue weighted by Gasteiger charge is -2.10. The smallest absolute Gasteiger partial charge is 0.219 e. The van der Waals surface area contributed by atoms with Crippen LogP contribution in [-0.2, 0) is 4.79 Å². The Morgan fingerprint density at radius 3 is 2.62 bits per heavy atom. The van der Waals surface area contributed by atoms with Gasteiger partial charge in [-0.3, -0.25) is 4.79 Å². The number of amides is 1. The fourth-order valence-corrected chi connectivity index (χ4v) is 1.21. The zero-order chi connectivity index (χ0) is 11.8. The third kappa shape index (κ3) is 3.81. The van der Waals surface area contributed by atoms with E-state index in [1.54, 1.807) is 7.11 Å². The number of hydrogen-bond acceptors (Lipinski definition) is 3. The van der Waals surface area contributed by atoms with Crippen LogP contribution in [0.15, 0.2) is 24.3 Å². The number of hydrogen-bond donors (Lipinski definition) is 1. The maximum Gasteiger partial charge on any atom is 0.219 e. The van der Waals surface area contributed by atoms with E-state index in [-0.39, 0.29) is 5.91 Å². The average molecular weight is 223 g/mol. The van der Waals surface area contributed by atoms with Gasteiger partial charge in [0.2, 0.25) is 5.91 Å². The Bertz CT molecular complexity index is 339. The molecule has 16 heavy (non-hydrogen) atoms. The molecule has 88 valence electrons. The number of rotatable bonds is 6. The molecule has 0 saturated carbocycles. The largest absolute Gasteiger partial charge is 0.493 e. The second-order valence-electron chi connectivity index (χ2n) is 3.20. The van der Waals surface area contributed by atoms with Gasteiger partial charge in [0.15, 0.2) is 11.5 Å². The lowest BCUT2D eigenvalue weighted by Crippen LogP contribution is -2.27. The molecule has 0 atom stereocenters. The Balaban J connectivity index is 2.34. The van der Waals surface area contributed by atoms with Crippen LogP contribution in [0.4, 0.5) is 0 Å². The molecule has 0 bridgehead atoms. The van der Waals surface area contributed by atoms with Crippen LogP contribution in [0.5, 0.6) is 11.5 Å². The Morgan fingerprint density at radius 2 is 2.00 bits per heavy atom. The van der Waals surface area contributed by atoms with Crippen molar-refractivity contribution in [1.29, 1.82) is 0 Å². The van der Waals surface area contributed by atoms with Crippen LogP contribution in [0, 0.1) is 0 Å². The molecule has 1 N–H and O–H groups in total. The lowest BCUT2D eigenvalue weighted by atomic mass is 10.3. The molecule has 1 aromatic rings. The molecule has 4 heteroatoms. The van der Waals surface area contributed by atoms with Crippen molar-refractivity contribution in [2.45, 2.75) is 13.3 Å². The van der Waals surface area contributed by atoms with Gasteiger partial charge >= 0.3 is 0 Å². The van der Waals surface area contributed by atoms with Gasteiger partial charge in [-0.1, -0.05) is 19.1 Å². The minimum atomic E-state index is 0.0311. The zero-order valence-electron chi connectivity index (χ0n) is 9.66. The van der Waals surface area contributed by atoms with E-state index in [0.717, 1.165) is 0 Å². The van der Waals surface area contributed by atoms with Gasteiger partial charge in [0.05, 0.1) is 13.7 Å². The molecule has 1 amide bonds. The number of methoxy groups -OCH3 is 1. The molecule has 0 saturated heterocycles. The molecule has 4 nitrogen and oxygen atoms in total. The third-order valence-electron chi connectivity index (χ3n) is 2.07. The Morgan fingerprint density at radius 1 is 1.31 bits per heavy atom. The third-order valence-corrected chi connectivity index (χ3v) is 2.07. The van der Waals surface area contributed by atoms with Crippen LogP contribution in [0.25, 0.3) is 0 Å². The highest BCUT2D eigenvalue weighted by Gasteiger charge is 2.02. The van der Waals surface area contributed by atoms with Gasteiger partial charge in [0.1, 0.15) is 6.61 Å². The molecule has 1 rings (SSSR count). The normalized spacial score (nSPS) is 9.62. The molecule has 0 heterocycles. The van der Waals surface area contributed by atoms with Crippen LogP contribution >= 0.6 is 0 Å². The number of nitrogens with one attached hydrogen (secondary N) is 1. The summed E-state index contributed by atoms with van der Waals surface area (Å²) in [5, 5.41) is 2.74. The molecule has 0 aliphatic heterocycles. The first-order valence-corrected chi connectivity index (χ1v) is 5.30. The van der Waals surface area contributed by atoms with E-state index in [9.17, 15) is 4.79 Å². The molecule has 0 unspecified atom stereocenters. The monoisotopic (exact) mass is 223 g/mol. The second-order valence-corrected chi connectivity index (χ2v) is 3.20. The topological polar surface area (TPSA) is 47.6 Å². The van der Waals surface area contributed by atoms with Crippen LogP contribution in [0.3, 0.4) is 0 Å². The number of ether oxygens (including phenoxy) is 2. The van der Waals surface area contributed by atoms with Crippen molar-refractivity contribution < 1.29 is 14.3 Å². The van der Waals surface area contributed by atoms with Crippen molar-refractivity contribution in [2.24, 2.45) is 0 Å². The summed E-state index contributed by atoms with van der Waals surface area (Å²) in [6.07, 6.45) is 0.495. The van der Waals surface area contributed by atoms with E-state index >= 15 is 0 Å². The van der Waals surface area contributed by atoms with Crippen molar-refractivity contribution in [2.75, 3.05) is 20.3 Å². The van der Waals surface area contributed by atoms with Gasteiger partial charge in [-0.05, 0) is 12.1 Å². The molecule has 0 aliphatic rings. The fraction of sp³-hybridized carbons (Fsp3) is 0.417. The molecule has 0 fully saturated rings. The maximum atomic E-state index is 11.0. The molecular formula is C12H17NO3. The van der Waals surface area contributed by atoms with E-state index < -0.39 is 0 Å². The Hall–Kier alpha value is -1.71. The summed E-state index contributed by atoms with van der Waals surface area (Å²) in [7, 11) is 1.60. The molecular weight excluding hydrogens is 206 g/mol. The molecule has 0 aromatic heterocycles. The first-order valence-electron chi connectivity index (χ1n) is 5.30. The number of carbonyl (C=O) groups is 1. The summed E-state index contributed by atoms with van der Waals surface area (Å²) in [6.45, 7) is 2.76. The van der Waals surface area contributed by atoms with Crippen LogP contribution in [0.2, 0.25) is 0 Å². The summed E-state index contributed by atoms with van der Waals surface area (Å²) in [4.78, 5) is 11.0. The first kappa shape index (κ1) is 12.4. The quantitative estimate of drug-likeness (QED) is 0.745. The van der Waals surface area contributed by atoms with E-state index in [4.69, 9.17) is 9.47 Å². The van der Waals surface area contributed by atoms with Crippen molar-refractivity contribution in [1.82, 2.24) is 5.32 Å². The standard InChI is InChI=1S/C12H17NO3/c1-3-12(14)13-8-9-16-11-7-5-4-6-10(11)15-2/h4-7H,3,8-9H2,1-2H3,(H,13,14). The summed E-state index contributed by atoms with van der Waals surface area (Å²) < 4.78 is 10.6. The highest BCUT2D eigenvalue weighted by Crippen LogP contribution is 2.25. The predicted octanol–water partition coefficient (Wildman–Crippen LogP) is 1.60. The SMILES string of the molecule is CCC(=O)NCCOc1ccccc1OC. The van der Waals surface area contributed by atoms with Gasteiger partial charge in [-0.15, -0.1) is 0 Å². The maximum absolute atomic E-state index is 11.0. The molecule has 0 aliphatic carbocycles. The van der Waals surface area contributed by atoms with Crippen LogP contribution in [0.1, 0.15) is 13.3 Å². The fourth-order valence-electron chi connectivity index (χ4n) is 1.21. The van der Waals surface area contributed by atoms with Crippen LogP contribution < -0.4 is 14.8 Å². The average Bonchev–Trinajstić information content (AvgIpc) is 2.34. The minimum absolute atomic E-state index is 0.0311. The molecule has 1 aromatic carbocycles. The summed E-state index contributed by atoms with van der Waals surface area (Å²) in [5.41, 5.74) is 0. The Kier molecular flexibility index (Phi) is 5.19. The van der Waals surface area contributed by atoms with Gasteiger partial charge < -0.3 is 14.8 Å². The summed E-state index contributed by atoms with van der Waals surface area (Å²) >= 11 is 0. The highest BCUT2D eigenvalue weighted by molar-refractivity contribution is 5.75. The Labute approximate surface area is 95.6 Å². The lowest BCUT2D eigenvalue weighted by molar-refractivity contribution is -0.120. The van der Waals surface area contributed by atoms with Gasteiger partial charge in [0, 0.05) is 6.42 Å². The van der Waals surface area contributed by atoms with Crippen molar-refractivity contribution in [3.63, 3.8) is 0 Å². The van der Waals surface area contributed by atoms with Gasteiger partial charge in [-0.2, -0.15) is 0 Å². The van der Waals surface area contributed by atoms with Crippen molar-refractivity contribution in [3.8, 4) is 11.5 Å². The molecule has 0 radical (unpaired) electrons. The first-order chi connectivity index (χ1) is 7.77. The molecule has 0 spiro atoms. The summed E-state index contributed by atoms with van der Waals surface area (Å²) in [5.74, 6) is 1.42. The van der Waals surface area contributed by atoms with Crippen molar-refractivity contribution in [3.05, 3.63) is 24.3 Å². The minimum Gasteiger partial charge on any atom is -0.493 e. The zero-order valence-corrected chi connectivity index (χ0v) is 9.66. The second kappa shape index (κ2) is 6.71. The number of benzene rings is 1. The van der Waals surface area contributed by atoms with Gasteiger partial charge in [0.25, 0.3) is 0 Å². The number of para-hydroxylation sites is 2. The van der Waals surface area contributed by atoms with Crippen LogP contribution in [-0.4, -0.2) is 26.2 Å². The highest BCUT2D eigenvalue weighted by atomic mass is 16.5. The van der Waals surface area contributed by atoms with Gasteiger partial charge in [-0.25, -0.2) is 0 Å². The van der Waals surface area contributed by atoms with Crippen molar-refractivity contribution >= 4 is 5.91 Å². The van der Waals surface area contributed by atoms with E-state index in [1.807, 2.05) is 31.2 Å². The predicted molar refractivity (Wildman–Crippen MR) is 61.8 cm³/mol. The van der Waals surface area contributed by atoms with E-state index in [2.05, 4.69) is 5.32 Å². The van der Waals surface area contributed by atoms with E-state index in [0.29, 0.717) is 31.1 Å².